The maximum atomic E-state index is 5.43. The van der Waals surface area contributed by atoms with Gasteiger partial charge in [-0.25, -0.2) is 9.97 Å². The van der Waals surface area contributed by atoms with Gasteiger partial charge in [-0.15, -0.1) is 0 Å². The monoisotopic (exact) mass is 413 g/mol. The fourth-order valence-electron chi connectivity index (χ4n) is 4.16. The van der Waals surface area contributed by atoms with Gasteiger partial charge in [-0.1, -0.05) is 19.9 Å². The van der Waals surface area contributed by atoms with Crippen molar-refractivity contribution in [2.24, 2.45) is 0 Å². The van der Waals surface area contributed by atoms with Gasteiger partial charge in [0.25, 0.3) is 5.88 Å². The lowest BCUT2D eigenvalue weighted by atomic mass is 9.94. The third kappa shape index (κ3) is 3.09. The van der Waals surface area contributed by atoms with E-state index in [0.717, 1.165) is 38.9 Å². The summed E-state index contributed by atoms with van der Waals surface area (Å²) in [5.74, 6) is 1.40. The van der Waals surface area contributed by atoms with Gasteiger partial charge >= 0.3 is 0 Å². The number of ether oxygens (including phenoxy) is 2. The van der Waals surface area contributed by atoms with Crippen LogP contribution in [0.5, 0.6) is 11.6 Å². The van der Waals surface area contributed by atoms with Crippen molar-refractivity contribution < 1.29 is 9.47 Å². The highest BCUT2D eigenvalue weighted by atomic mass is 16.5. The molecule has 0 unspecified atom stereocenters. The molecule has 0 atom stereocenters. The molecule has 0 saturated heterocycles. The van der Waals surface area contributed by atoms with E-state index in [-0.39, 0.29) is 0 Å². The van der Waals surface area contributed by atoms with E-state index in [1.807, 2.05) is 30.7 Å². The third-order valence-electron chi connectivity index (χ3n) is 5.60. The molecular formula is C24H23N5O2. The van der Waals surface area contributed by atoms with Crippen LogP contribution in [0.2, 0.25) is 0 Å². The molecule has 4 heterocycles. The van der Waals surface area contributed by atoms with Crippen LogP contribution in [0.3, 0.4) is 0 Å². The van der Waals surface area contributed by atoms with Gasteiger partial charge < -0.3 is 14.5 Å². The van der Waals surface area contributed by atoms with E-state index in [2.05, 4.69) is 57.2 Å². The largest absolute Gasteiger partial charge is 0.491 e. The second-order valence-corrected chi connectivity index (χ2v) is 7.76. The summed E-state index contributed by atoms with van der Waals surface area (Å²) in [5, 5.41) is 9.31. The molecule has 0 fully saturated rings. The van der Waals surface area contributed by atoms with Crippen LogP contribution >= 0.6 is 0 Å². The first kappa shape index (κ1) is 19.1. The summed E-state index contributed by atoms with van der Waals surface area (Å²) in [5.41, 5.74) is 7.36. The molecule has 1 aromatic carbocycles. The Morgan fingerprint density at radius 2 is 1.77 bits per heavy atom. The first-order valence-corrected chi connectivity index (χ1v) is 10.1. The van der Waals surface area contributed by atoms with Gasteiger partial charge in [0.15, 0.2) is 11.4 Å². The fraction of sp³-hybridized carbons (Fsp3) is 0.208. The number of nitrogens with zero attached hydrogens (tertiary/aromatic N) is 3. The van der Waals surface area contributed by atoms with Crippen LogP contribution in [0.1, 0.15) is 25.3 Å². The summed E-state index contributed by atoms with van der Waals surface area (Å²) in [6.07, 6.45) is 5.45. The predicted octanol–water partition coefficient (Wildman–Crippen LogP) is 5.31. The Morgan fingerprint density at radius 1 is 0.903 bits per heavy atom. The smallest absolute Gasteiger partial charge is 0.256 e. The van der Waals surface area contributed by atoms with Gasteiger partial charge in [-0.2, -0.15) is 5.10 Å². The Bertz CT molecular complexity index is 1400. The number of nitrogens with one attached hydrogen (secondary N) is 2. The van der Waals surface area contributed by atoms with Crippen LogP contribution in [0.15, 0.2) is 48.9 Å². The van der Waals surface area contributed by atoms with Crippen molar-refractivity contribution >= 4 is 21.9 Å². The lowest BCUT2D eigenvalue weighted by molar-refractivity contribution is 0.343. The van der Waals surface area contributed by atoms with Crippen molar-refractivity contribution in [2.75, 3.05) is 14.2 Å². The van der Waals surface area contributed by atoms with Gasteiger partial charge in [0.05, 0.1) is 26.1 Å². The van der Waals surface area contributed by atoms with E-state index in [1.165, 1.54) is 10.9 Å². The molecule has 5 rings (SSSR count). The average Bonchev–Trinajstić information content (AvgIpc) is 3.42. The van der Waals surface area contributed by atoms with Crippen LogP contribution in [-0.4, -0.2) is 39.4 Å². The number of fused-ring (bicyclic) bond motifs is 2. The van der Waals surface area contributed by atoms with Crippen molar-refractivity contribution in [1.82, 2.24) is 25.1 Å². The van der Waals surface area contributed by atoms with E-state index >= 15 is 0 Å². The lowest BCUT2D eigenvalue weighted by Gasteiger charge is -2.11. The Morgan fingerprint density at radius 3 is 2.55 bits per heavy atom. The van der Waals surface area contributed by atoms with Crippen LogP contribution in [0.4, 0.5) is 0 Å². The normalized spacial score (nSPS) is 11.5. The minimum Gasteiger partial charge on any atom is -0.491 e. The first-order chi connectivity index (χ1) is 15.1. The molecule has 7 heteroatoms. The van der Waals surface area contributed by atoms with Crippen molar-refractivity contribution in [3.05, 3.63) is 54.5 Å². The Labute approximate surface area is 179 Å². The highest BCUT2D eigenvalue weighted by molar-refractivity contribution is 5.99. The highest BCUT2D eigenvalue weighted by Gasteiger charge is 2.19. The molecule has 0 aliphatic carbocycles. The molecule has 156 valence electrons. The van der Waals surface area contributed by atoms with Gasteiger partial charge in [0.2, 0.25) is 0 Å². The fourth-order valence-corrected chi connectivity index (χ4v) is 4.16. The maximum Gasteiger partial charge on any atom is 0.256 e. The highest BCUT2D eigenvalue weighted by Crippen LogP contribution is 2.39. The maximum absolute atomic E-state index is 5.43. The molecule has 7 nitrogen and oxygen atoms in total. The number of hydrogen-bond acceptors (Lipinski definition) is 5. The van der Waals surface area contributed by atoms with E-state index in [4.69, 9.17) is 9.47 Å². The van der Waals surface area contributed by atoms with E-state index in [9.17, 15) is 0 Å². The zero-order valence-electron chi connectivity index (χ0n) is 17.9. The molecule has 5 aromatic rings. The van der Waals surface area contributed by atoms with Gasteiger partial charge in [0, 0.05) is 39.8 Å². The van der Waals surface area contributed by atoms with Crippen LogP contribution in [0, 0.1) is 0 Å². The standard InChI is InChI=1S/C24H23N5O2/c1-13(2)21-17-9-14(15-10-20(30-3)24(31-4)26-11-15)5-6-19(17)28-22(21)16-7-8-25-23-18(16)12-27-29-23/h5-13,28H,1-4H3,(H,25,27,29). The molecule has 0 spiro atoms. The number of aromatic amines is 2. The van der Waals surface area contributed by atoms with Crippen LogP contribution in [-0.2, 0) is 0 Å². The second-order valence-electron chi connectivity index (χ2n) is 7.76. The van der Waals surface area contributed by atoms with E-state index in [0.29, 0.717) is 17.5 Å². The zero-order chi connectivity index (χ0) is 21.5. The van der Waals surface area contributed by atoms with Gasteiger partial charge in [-0.05, 0) is 41.3 Å². The van der Waals surface area contributed by atoms with Gasteiger partial charge in [-0.3, -0.25) is 5.10 Å². The Balaban J connectivity index is 1.71. The number of benzene rings is 1. The van der Waals surface area contributed by atoms with Gasteiger partial charge in [0.1, 0.15) is 0 Å². The number of methoxy groups -OCH3 is 2. The molecule has 4 aromatic heterocycles. The van der Waals surface area contributed by atoms with E-state index < -0.39 is 0 Å². The molecule has 31 heavy (non-hydrogen) atoms. The Kier molecular flexibility index (Phi) is 4.58. The number of hydrogen-bond donors (Lipinski definition) is 2. The minimum absolute atomic E-state index is 0.317. The Hall–Kier alpha value is -3.87. The quantitative estimate of drug-likeness (QED) is 0.408. The topological polar surface area (TPSA) is 88.7 Å². The van der Waals surface area contributed by atoms with Crippen molar-refractivity contribution in [3.8, 4) is 34.0 Å². The lowest BCUT2D eigenvalue weighted by Crippen LogP contribution is -1.94. The molecule has 0 bridgehead atoms. The summed E-state index contributed by atoms with van der Waals surface area (Å²) in [7, 11) is 3.20. The number of pyridine rings is 2. The second kappa shape index (κ2) is 7.43. The summed E-state index contributed by atoms with van der Waals surface area (Å²) in [6, 6.07) is 10.4. The predicted molar refractivity (Wildman–Crippen MR) is 122 cm³/mol. The molecule has 0 saturated carbocycles. The van der Waals surface area contributed by atoms with Crippen molar-refractivity contribution in [1.29, 1.82) is 0 Å². The average molecular weight is 413 g/mol. The van der Waals surface area contributed by atoms with Crippen molar-refractivity contribution in [3.63, 3.8) is 0 Å². The van der Waals surface area contributed by atoms with E-state index in [1.54, 1.807) is 14.2 Å². The first-order valence-electron chi connectivity index (χ1n) is 10.1. The third-order valence-corrected chi connectivity index (χ3v) is 5.60. The van der Waals surface area contributed by atoms with Crippen molar-refractivity contribution in [2.45, 2.75) is 19.8 Å². The summed E-state index contributed by atoms with van der Waals surface area (Å²) in [6.45, 7) is 4.43. The zero-order valence-corrected chi connectivity index (χ0v) is 17.9. The minimum atomic E-state index is 0.317. The van der Waals surface area contributed by atoms with Crippen LogP contribution in [0.25, 0.3) is 44.3 Å². The summed E-state index contributed by atoms with van der Waals surface area (Å²) >= 11 is 0. The number of rotatable bonds is 5. The summed E-state index contributed by atoms with van der Waals surface area (Å²) < 4.78 is 10.7. The number of H-pyrrole nitrogens is 2. The number of aromatic nitrogens is 5. The molecule has 0 radical (unpaired) electrons. The molecular weight excluding hydrogens is 390 g/mol. The molecule has 0 amide bonds. The molecule has 2 N–H and O–H groups in total. The van der Waals surface area contributed by atoms with Crippen LogP contribution < -0.4 is 9.47 Å². The summed E-state index contributed by atoms with van der Waals surface area (Å²) in [4.78, 5) is 12.4. The molecule has 0 aliphatic heterocycles. The SMILES string of the molecule is COc1cc(-c2ccc3[nH]c(-c4ccnc5[nH]ncc45)c(C(C)C)c3c2)cnc1OC. The molecule has 0 aliphatic rings.